The molecule has 5 rings (SSSR count). The van der Waals surface area contributed by atoms with Gasteiger partial charge in [-0.05, 0) is 30.3 Å². The monoisotopic (exact) mass is 527 g/mol. The highest BCUT2D eigenvalue weighted by Gasteiger charge is 2.24. The van der Waals surface area contributed by atoms with Crippen LogP contribution in [0.25, 0.3) is 21.9 Å². The van der Waals surface area contributed by atoms with E-state index in [0.717, 1.165) is 13.1 Å². The van der Waals surface area contributed by atoms with Crippen LogP contribution in [0.2, 0.25) is 10.0 Å². The second-order valence-electron chi connectivity index (χ2n) is 8.31. The first kappa shape index (κ1) is 24.2. The zero-order valence-corrected chi connectivity index (χ0v) is 21.1. The summed E-state index contributed by atoms with van der Waals surface area (Å²) >= 11 is 12.4. The van der Waals surface area contributed by atoms with E-state index in [4.69, 9.17) is 32.4 Å². The Labute approximate surface area is 216 Å². The maximum Gasteiger partial charge on any atom is 0.324 e. The molecular formula is C25H23Cl2N5O4. The quantitative estimate of drug-likeness (QED) is 0.387. The molecule has 3 heterocycles. The number of carbonyl (C=O) groups excluding carboxylic acids is 2. The molecule has 1 saturated heterocycles. The van der Waals surface area contributed by atoms with Crippen LogP contribution in [0.4, 0.5) is 16.2 Å². The summed E-state index contributed by atoms with van der Waals surface area (Å²) in [5, 5.41) is 7.67. The molecule has 186 valence electrons. The van der Waals surface area contributed by atoms with E-state index in [0.29, 0.717) is 52.0 Å². The minimum absolute atomic E-state index is 0.0961. The Kier molecular flexibility index (Phi) is 6.61. The second-order valence-corrected chi connectivity index (χ2v) is 9.13. The number of pyridine rings is 1. The number of furan rings is 1. The molecular weight excluding hydrogens is 505 g/mol. The number of hydrogen-bond acceptors (Lipinski definition) is 6. The Bertz CT molecular complexity index is 1460. The van der Waals surface area contributed by atoms with Gasteiger partial charge in [0.15, 0.2) is 11.3 Å². The maximum atomic E-state index is 13.4. The number of carbonyl (C=O) groups is 2. The molecule has 1 fully saturated rings. The number of anilines is 2. The van der Waals surface area contributed by atoms with Crippen molar-refractivity contribution in [1.82, 2.24) is 15.2 Å². The molecule has 11 heteroatoms. The molecule has 36 heavy (non-hydrogen) atoms. The van der Waals surface area contributed by atoms with E-state index in [-0.39, 0.29) is 21.8 Å². The van der Waals surface area contributed by atoms with E-state index in [2.05, 4.69) is 15.6 Å². The third-order valence-electron chi connectivity index (χ3n) is 6.18. The predicted octanol–water partition coefficient (Wildman–Crippen LogP) is 5.01. The van der Waals surface area contributed by atoms with Gasteiger partial charge in [-0.3, -0.25) is 14.7 Å². The van der Waals surface area contributed by atoms with Gasteiger partial charge in [-0.25, -0.2) is 4.79 Å². The summed E-state index contributed by atoms with van der Waals surface area (Å²) in [4.78, 5) is 33.8. The summed E-state index contributed by atoms with van der Waals surface area (Å²) in [6, 6.07) is 8.65. The van der Waals surface area contributed by atoms with E-state index in [1.165, 1.54) is 19.5 Å². The predicted molar refractivity (Wildman–Crippen MR) is 141 cm³/mol. The smallest absolute Gasteiger partial charge is 0.324 e. The van der Waals surface area contributed by atoms with Crippen LogP contribution >= 0.6 is 23.2 Å². The molecule has 3 amide bonds. The van der Waals surface area contributed by atoms with Gasteiger partial charge in [0.2, 0.25) is 0 Å². The van der Waals surface area contributed by atoms with Crippen molar-refractivity contribution in [2.24, 2.45) is 0 Å². The van der Waals surface area contributed by atoms with Crippen molar-refractivity contribution in [2.75, 3.05) is 50.6 Å². The number of benzene rings is 2. The van der Waals surface area contributed by atoms with Crippen LogP contribution in [0.5, 0.6) is 5.75 Å². The van der Waals surface area contributed by atoms with Gasteiger partial charge in [0.25, 0.3) is 5.91 Å². The van der Waals surface area contributed by atoms with E-state index in [1.807, 2.05) is 12.1 Å². The van der Waals surface area contributed by atoms with Crippen molar-refractivity contribution in [3.63, 3.8) is 0 Å². The number of hydrogen-bond donors (Lipinski definition) is 2. The summed E-state index contributed by atoms with van der Waals surface area (Å²) in [6.07, 6.45) is 2.80. The summed E-state index contributed by atoms with van der Waals surface area (Å²) in [5.74, 6) is 0.0422. The second kappa shape index (κ2) is 9.85. The Morgan fingerprint density at radius 2 is 1.86 bits per heavy atom. The van der Waals surface area contributed by atoms with Gasteiger partial charge in [0.05, 0.1) is 28.4 Å². The molecule has 2 aromatic heterocycles. The van der Waals surface area contributed by atoms with Crippen LogP contribution in [0.1, 0.15) is 10.4 Å². The number of halogens is 2. The average molecular weight is 528 g/mol. The normalized spacial score (nSPS) is 13.7. The van der Waals surface area contributed by atoms with Crippen molar-refractivity contribution in [3.05, 3.63) is 58.3 Å². The zero-order chi connectivity index (χ0) is 25.4. The standard InChI is InChI=1S/C25H23Cl2N5O4/c1-31(25(34)32-9-7-28-8-10-32)14-3-5-19-16(11-14)21-15(4-6-20(35-2)23(21)36-19)24(33)30-22-17(26)12-29-13-18(22)27/h3-6,11-13,28H,7-10H2,1-2H3,(H,29,30,33). The van der Waals surface area contributed by atoms with Gasteiger partial charge in [-0.1, -0.05) is 23.2 Å². The van der Waals surface area contributed by atoms with E-state index in [1.54, 1.807) is 35.0 Å². The van der Waals surface area contributed by atoms with Gasteiger partial charge in [-0.15, -0.1) is 0 Å². The molecule has 4 aromatic rings. The lowest BCUT2D eigenvalue weighted by atomic mass is 10.0. The average Bonchev–Trinajstić information content (AvgIpc) is 3.29. The van der Waals surface area contributed by atoms with Crippen LogP contribution in [0.15, 0.2) is 47.1 Å². The maximum absolute atomic E-state index is 13.4. The van der Waals surface area contributed by atoms with Crippen LogP contribution in [-0.2, 0) is 0 Å². The molecule has 9 nitrogen and oxygen atoms in total. The van der Waals surface area contributed by atoms with Crippen LogP contribution < -0.4 is 20.3 Å². The number of amides is 3. The van der Waals surface area contributed by atoms with E-state index < -0.39 is 5.91 Å². The van der Waals surface area contributed by atoms with Crippen molar-refractivity contribution in [1.29, 1.82) is 0 Å². The number of aromatic nitrogens is 1. The molecule has 1 aliphatic rings. The molecule has 0 aliphatic carbocycles. The Balaban J connectivity index is 1.59. The highest BCUT2D eigenvalue weighted by Crippen LogP contribution is 2.39. The summed E-state index contributed by atoms with van der Waals surface area (Å²) in [5.41, 5.74) is 2.23. The van der Waals surface area contributed by atoms with Gasteiger partial charge in [0.1, 0.15) is 5.58 Å². The Hall–Kier alpha value is -3.53. The number of ether oxygens (including phenoxy) is 1. The summed E-state index contributed by atoms with van der Waals surface area (Å²) in [7, 11) is 3.26. The van der Waals surface area contributed by atoms with Crippen molar-refractivity contribution >= 4 is 68.5 Å². The highest BCUT2D eigenvalue weighted by atomic mass is 35.5. The first-order valence-electron chi connectivity index (χ1n) is 11.3. The highest BCUT2D eigenvalue weighted by molar-refractivity contribution is 6.40. The Morgan fingerprint density at radius 1 is 1.14 bits per heavy atom. The largest absolute Gasteiger partial charge is 0.493 e. The van der Waals surface area contributed by atoms with E-state index >= 15 is 0 Å². The van der Waals surface area contributed by atoms with Gasteiger partial charge in [-0.2, -0.15) is 0 Å². The summed E-state index contributed by atoms with van der Waals surface area (Å²) < 4.78 is 11.6. The SMILES string of the molecule is COc1ccc(C(=O)Nc2c(Cl)cncc2Cl)c2c1oc1ccc(N(C)C(=O)N3CCNCC3)cc12. The minimum atomic E-state index is -0.434. The van der Waals surface area contributed by atoms with Crippen LogP contribution in [0.3, 0.4) is 0 Å². The van der Waals surface area contributed by atoms with Crippen molar-refractivity contribution in [3.8, 4) is 5.75 Å². The van der Waals surface area contributed by atoms with Crippen LogP contribution in [-0.4, -0.2) is 62.2 Å². The Morgan fingerprint density at radius 3 is 2.56 bits per heavy atom. The lowest BCUT2D eigenvalue weighted by Crippen LogP contribution is -2.50. The number of fused-ring (bicyclic) bond motifs is 3. The first-order valence-corrected chi connectivity index (χ1v) is 12.0. The molecule has 2 N–H and O–H groups in total. The first-order chi connectivity index (χ1) is 17.4. The number of nitrogens with one attached hydrogen (secondary N) is 2. The molecule has 0 radical (unpaired) electrons. The van der Waals surface area contributed by atoms with Crippen LogP contribution in [0, 0.1) is 0 Å². The molecule has 2 aromatic carbocycles. The minimum Gasteiger partial charge on any atom is -0.493 e. The zero-order valence-electron chi connectivity index (χ0n) is 19.6. The third-order valence-corrected chi connectivity index (χ3v) is 6.76. The number of urea groups is 1. The van der Waals surface area contributed by atoms with Crippen molar-refractivity contribution in [2.45, 2.75) is 0 Å². The number of nitrogens with zero attached hydrogens (tertiary/aromatic N) is 3. The van der Waals surface area contributed by atoms with Crippen molar-refractivity contribution < 1.29 is 18.7 Å². The fourth-order valence-electron chi connectivity index (χ4n) is 4.29. The number of piperazine rings is 1. The fraction of sp³-hybridized carbons (Fsp3) is 0.240. The molecule has 0 atom stereocenters. The van der Waals surface area contributed by atoms with Gasteiger partial charge in [0, 0.05) is 62.1 Å². The summed E-state index contributed by atoms with van der Waals surface area (Å²) in [6.45, 7) is 2.80. The molecule has 1 aliphatic heterocycles. The molecule has 0 saturated carbocycles. The molecule has 0 unspecified atom stereocenters. The van der Waals surface area contributed by atoms with E-state index in [9.17, 15) is 9.59 Å². The topological polar surface area (TPSA) is 99.9 Å². The molecule has 0 bridgehead atoms. The number of methoxy groups -OCH3 is 1. The van der Waals surface area contributed by atoms with Gasteiger partial charge < -0.3 is 24.7 Å². The fourth-order valence-corrected chi connectivity index (χ4v) is 4.75. The number of rotatable bonds is 4. The third kappa shape index (κ3) is 4.30. The van der Waals surface area contributed by atoms with Gasteiger partial charge >= 0.3 is 6.03 Å². The lowest BCUT2D eigenvalue weighted by molar-refractivity contribution is 0.102. The molecule has 0 spiro atoms. The lowest BCUT2D eigenvalue weighted by Gasteiger charge is -2.31.